The average molecular weight is 311 g/mol. The van der Waals surface area contributed by atoms with E-state index in [2.05, 4.69) is 9.47 Å². The van der Waals surface area contributed by atoms with Crippen LogP contribution in [0.4, 0.5) is 22.0 Å². The van der Waals surface area contributed by atoms with E-state index in [-0.39, 0.29) is 0 Å². The van der Waals surface area contributed by atoms with E-state index >= 15 is 0 Å². The predicted molar refractivity (Wildman–Crippen MR) is 55.8 cm³/mol. The zero-order valence-corrected chi connectivity index (χ0v) is 9.95. The first-order valence-electron chi connectivity index (χ1n) is 5.11. The molecule has 0 aromatic heterocycles. The standard InChI is InChI=1S/C11H6F5NO4/c12-10(13)20-6-1-5(4-17)7(3-9(18)19)8(2-6)21-11(14,15)16/h1-2,10H,3H2,(H,18,19). The molecule has 0 aliphatic heterocycles. The van der Waals surface area contributed by atoms with Gasteiger partial charge in [0.15, 0.2) is 0 Å². The number of benzene rings is 1. The lowest BCUT2D eigenvalue weighted by Crippen LogP contribution is -2.19. The van der Waals surface area contributed by atoms with Crippen LogP contribution < -0.4 is 9.47 Å². The second kappa shape index (κ2) is 6.25. The van der Waals surface area contributed by atoms with Crippen LogP contribution in [-0.4, -0.2) is 24.0 Å². The summed E-state index contributed by atoms with van der Waals surface area (Å²) in [4.78, 5) is 10.6. The van der Waals surface area contributed by atoms with Crippen LogP contribution in [0.15, 0.2) is 12.1 Å². The molecule has 0 radical (unpaired) electrons. The number of ether oxygens (including phenoxy) is 2. The molecule has 5 nitrogen and oxygen atoms in total. The van der Waals surface area contributed by atoms with Gasteiger partial charge in [-0.1, -0.05) is 0 Å². The molecule has 1 rings (SSSR count). The van der Waals surface area contributed by atoms with Gasteiger partial charge in [0.1, 0.15) is 11.5 Å². The minimum Gasteiger partial charge on any atom is -0.481 e. The monoisotopic (exact) mass is 311 g/mol. The molecule has 0 aliphatic carbocycles. The highest BCUT2D eigenvalue weighted by Crippen LogP contribution is 2.33. The molecule has 114 valence electrons. The van der Waals surface area contributed by atoms with Crippen LogP contribution in [0.25, 0.3) is 0 Å². The minimum atomic E-state index is -5.19. The number of carboxylic acid groups (broad SMARTS) is 1. The van der Waals surface area contributed by atoms with E-state index in [1.54, 1.807) is 0 Å². The van der Waals surface area contributed by atoms with E-state index in [0.29, 0.717) is 12.1 Å². The lowest BCUT2D eigenvalue weighted by molar-refractivity contribution is -0.275. The van der Waals surface area contributed by atoms with Gasteiger partial charge in [-0.05, 0) is 6.07 Å². The molecule has 0 saturated heterocycles. The number of halogens is 5. The molecular weight excluding hydrogens is 305 g/mol. The zero-order valence-electron chi connectivity index (χ0n) is 9.95. The molecule has 1 N–H and O–H groups in total. The molecular formula is C11H6F5NO4. The van der Waals surface area contributed by atoms with E-state index in [4.69, 9.17) is 10.4 Å². The van der Waals surface area contributed by atoms with Gasteiger partial charge in [0, 0.05) is 11.6 Å². The number of carbonyl (C=O) groups is 1. The van der Waals surface area contributed by atoms with Gasteiger partial charge in [-0.15, -0.1) is 13.2 Å². The van der Waals surface area contributed by atoms with Gasteiger partial charge in [0.05, 0.1) is 18.1 Å². The van der Waals surface area contributed by atoms with Crippen molar-refractivity contribution < 1.29 is 41.3 Å². The van der Waals surface area contributed by atoms with Gasteiger partial charge >= 0.3 is 18.9 Å². The first-order chi connectivity index (χ1) is 9.62. The molecule has 0 spiro atoms. The first-order valence-corrected chi connectivity index (χ1v) is 5.11. The van der Waals surface area contributed by atoms with Crippen LogP contribution in [0.3, 0.4) is 0 Å². The summed E-state index contributed by atoms with van der Waals surface area (Å²) >= 11 is 0. The third-order valence-electron chi connectivity index (χ3n) is 2.08. The first kappa shape index (κ1) is 16.5. The van der Waals surface area contributed by atoms with Crippen LogP contribution in [0.5, 0.6) is 11.5 Å². The largest absolute Gasteiger partial charge is 0.573 e. The fraction of sp³-hybridized carbons (Fsp3) is 0.273. The highest BCUT2D eigenvalue weighted by Gasteiger charge is 2.33. The van der Waals surface area contributed by atoms with Crippen molar-refractivity contribution in [2.24, 2.45) is 0 Å². The van der Waals surface area contributed by atoms with Gasteiger partial charge in [0.25, 0.3) is 0 Å². The number of nitriles is 1. The van der Waals surface area contributed by atoms with E-state index in [1.165, 1.54) is 6.07 Å². The van der Waals surface area contributed by atoms with Crippen molar-refractivity contribution in [1.82, 2.24) is 0 Å². The molecule has 0 unspecified atom stereocenters. The summed E-state index contributed by atoms with van der Waals surface area (Å²) in [6.45, 7) is -3.33. The van der Waals surface area contributed by atoms with Crippen molar-refractivity contribution in [2.75, 3.05) is 0 Å². The Morgan fingerprint density at radius 2 is 2.00 bits per heavy atom. The molecule has 0 fully saturated rings. The van der Waals surface area contributed by atoms with Gasteiger partial charge in [-0.25, -0.2) is 0 Å². The maximum absolute atomic E-state index is 12.2. The number of nitrogens with zero attached hydrogens (tertiary/aromatic N) is 1. The molecule has 1 aromatic rings. The fourth-order valence-electron chi connectivity index (χ4n) is 1.44. The van der Waals surface area contributed by atoms with E-state index < -0.39 is 48.0 Å². The van der Waals surface area contributed by atoms with Gasteiger partial charge in [-0.3, -0.25) is 4.79 Å². The molecule has 1 aromatic carbocycles. The molecule has 0 amide bonds. The molecule has 0 atom stereocenters. The van der Waals surface area contributed by atoms with Crippen molar-refractivity contribution >= 4 is 5.97 Å². The SMILES string of the molecule is N#Cc1cc(OC(F)F)cc(OC(F)(F)F)c1CC(=O)O. The fourth-order valence-corrected chi connectivity index (χ4v) is 1.44. The van der Waals surface area contributed by atoms with Crippen molar-refractivity contribution in [3.63, 3.8) is 0 Å². The normalized spacial score (nSPS) is 11.1. The summed E-state index contributed by atoms with van der Waals surface area (Å²) in [7, 11) is 0. The lowest BCUT2D eigenvalue weighted by Gasteiger charge is -2.15. The molecule has 10 heteroatoms. The highest BCUT2D eigenvalue weighted by atomic mass is 19.4. The number of hydrogen-bond donors (Lipinski definition) is 1. The lowest BCUT2D eigenvalue weighted by atomic mass is 10.0. The van der Waals surface area contributed by atoms with Crippen molar-refractivity contribution in [1.29, 1.82) is 5.26 Å². The molecule has 0 bridgehead atoms. The maximum Gasteiger partial charge on any atom is 0.573 e. The Balaban J connectivity index is 3.37. The number of alkyl halides is 5. The highest BCUT2D eigenvalue weighted by molar-refractivity contribution is 5.73. The summed E-state index contributed by atoms with van der Waals surface area (Å²) in [5.41, 5.74) is -1.17. The van der Waals surface area contributed by atoms with Crippen molar-refractivity contribution in [3.05, 3.63) is 23.3 Å². The summed E-state index contributed by atoms with van der Waals surface area (Å²) in [5.74, 6) is -3.37. The third-order valence-corrected chi connectivity index (χ3v) is 2.08. The number of hydrogen-bond acceptors (Lipinski definition) is 4. The number of rotatable bonds is 5. The molecule has 21 heavy (non-hydrogen) atoms. The Morgan fingerprint density at radius 1 is 1.38 bits per heavy atom. The van der Waals surface area contributed by atoms with Crippen LogP contribution in [0.1, 0.15) is 11.1 Å². The van der Waals surface area contributed by atoms with Gasteiger partial charge < -0.3 is 14.6 Å². The second-order valence-corrected chi connectivity index (χ2v) is 3.56. The zero-order chi connectivity index (χ0) is 16.2. The second-order valence-electron chi connectivity index (χ2n) is 3.56. The third kappa shape index (κ3) is 5.13. The quantitative estimate of drug-likeness (QED) is 0.846. The predicted octanol–water partition coefficient (Wildman–Crippen LogP) is 2.69. The maximum atomic E-state index is 12.2. The Kier molecular flexibility index (Phi) is 4.91. The van der Waals surface area contributed by atoms with Crippen molar-refractivity contribution in [3.8, 4) is 17.6 Å². The van der Waals surface area contributed by atoms with E-state index in [0.717, 1.165) is 0 Å². The molecule has 0 saturated carbocycles. The summed E-state index contributed by atoms with van der Waals surface area (Å²) in [5, 5.41) is 17.4. The summed E-state index contributed by atoms with van der Waals surface area (Å²) in [6, 6.07) is 2.55. The molecule has 0 heterocycles. The Hall–Kier alpha value is -2.57. The van der Waals surface area contributed by atoms with E-state index in [1.807, 2.05) is 0 Å². The number of carboxylic acids is 1. The van der Waals surface area contributed by atoms with Gasteiger partial charge in [-0.2, -0.15) is 14.0 Å². The Morgan fingerprint density at radius 3 is 2.43 bits per heavy atom. The number of aliphatic carboxylic acids is 1. The van der Waals surface area contributed by atoms with Crippen LogP contribution in [-0.2, 0) is 11.2 Å². The van der Waals surface area contributed by atoms with Crippen molar-refractivity contribution in [2.45, 2.75) is 19.4 Å². The average Bonchev–Trinajstić information content (AvgIpc) is 2.28. The van der Waals surface area contributed by atoms with Crippen LogP contribution in [0, 0.1) is 11.3 Å². The summed E-state index contributed by atoms with van der Waals surface area (Å²) < 4.78 is 68.3. The topological polar surface area (TPSA) is 79.5 Å². The minimum absolute atomic E-state index is 0.443. The molecule has 0 aliphatic rings. The smallest absolute Gasteiger partial charge is 0.481 e. The van der Waals surface area contributed by atoms with E-state index in [9.17, 15) is 26.7 Å². The van der Waals surface area contributed by atoms with Crippen LogP contribution in [0.2, 0.25) is 0 Å². The Bertz CT molecular complexity index is 579. The van der Waals surface area contributed by atoms with Gasteiger partial charge in [0.2, 0.25) is 0 Å². The Labute approximate surface area is 114 Å². The summed E-state index contributed by atoms with van der Waals surface area (Å²) in [6.07, 6.45) is -6.15. The van der Waals surface area contributed by atoms with Crippen LogP contribution >= 0.6 is 0 Å².